The van der Waals surface area contributed by atoms with Crippen LogP contribution in [0.25, 0.3) is 0 Å². The third-order valence-electron chi connectivity index (χ3n) is 9.39. The van der Waals surface area contributed by atoms with Crippen molar-refractivity contribution < 1.29 is 19.7 Å². The molecule has 0 aliphatic heterocycles. The van der Waals surface area contributed by atoms with Gasteiger partial charge in [0.1, 0.15) is 0 Å². The van der Waals surface area contributed by atoms with Crippen LogP contribution in [-0.4, -0.2) is 104 Å². The predicted octanol–water partition coefficient (Wildman–Crippen LogP) is 6.91. The number of nitrogens with two attached hydrogens (primary N) is 2. The molecule has 8 N–H and O–H groups in total. The Morgan fingerprint density at radius 1 is 0.551 bits per heavy atom. The number of para-hydroxylation sites is 1. The second-order valence-electron chi connectivity index (χ2n) is 14.3. The number of nitro groups is 4. The lowest BCUT2D eigenvalue weighted by Gasteiger charge is -2.19. The molecular formula is C41H50N20O8. The number of hydrogen-bond donors (Lipinski definition) is 6. The van der Waals surface area contributed by atoms with Crippen LogP contribution >= 0.6 is 0 Å². The zero-order chi connectivity index (χ0) is 50.5. The Bertz CT molecular complexity index is 2720. The van der Waals surface area contributed by atoms with Gasteiger partial charge in [-0.15, -0.1) is 5.11 Å². The number of azo groups is 1. The first-order valence-electron chi connectivity index (χ1n) is 20.7. The standard InChI is InChI=1S/C20H23N11O4.C14H21N7.C7H6N2O4/c1-22-19-24-18(21)25-20(26-19)23-10-3-11-29(2)14-6-4-13(5-7-14)27-28-16-9-8-15(30(32)33)12-17(16)31(34)35;1-16-13-18-12(15)19-14(20-13)17-9-6-10-21(2)11-7-4-3-5-8-11;1-5-2-3-6(8(10)11)4-7(5)9(12)13/h4-9,12H,3,10-11H2,1-2H3,(H4,21,22,23,24,25,26);3-5,7-8H,6,9-10H2,1-2H3,(H4,15,16,17,18,19,20);2-4H,1H3. The number of nitrogens with zero attached hydrogens (tertiary/aromatic N) is 14. The molecular weight excluding hydrogens is 901 g/mol. The zero-order valence-electron chi connectivity index (χ0n) is 38.1. The van der Waals surface area contributed by atoms with Crippen LogP contribution in [0.15, 0.2) is 101 Å². The third-order valence-corrected chi connectivity index (χ3v) is 9.39. The van der Waals surface area contributed by atoms with Gasteiger partial charge < -0.3 is 42.5 Å². The smallest absolute Gasteiger partial charge is 0.303 e. The summed E-state index contributed by atoms with van der Waals surface area (Å²) in [5.74, 6) is 2.08. The van der Waals surface area contributed by atoms with E-state index in [0.29, 0.717) is 41.6 Å². The molecule has 0 radical (unpaired) electrons. The summed E-state index contributed by atoms with van der Waals surface area (Å²) in [4.78, 5) is 68.6. The second-order valence-corrected chi connectivity index (χ2v) is 14.3. The highest BCUT2D eigenvalue weighted by molar-refractivity contribution is 5.62. The lowest BCUT2D eigenvalue weighted by Crippen LogP contribution is -2.21. The Kier molecular flexibility index (Phi) is 19.5. The Labute approximate surface area is 394 Å². The molecule has 69 heavy (non-hydrogen) atoms. The number of hydrogen-bond acceptors (Lipinski definition) is 24. The normalized spacial score (nSPS) is 10.4. The van der Waals surface area contributed by atoms with Gasteiger partial charge in [-0.05, 0) is 68.3 Å². The van der Waals surface area contributed by atoms with Gasteiger partial charge in [0.2, 0.25) is 35.7 Å². The molecule has 362 valence electrons. The summed E-state index contributed by atoms with van der Waals surface area (Å²) in [5, 5.41) is 62.5. The van der Waals surface area contributed by atoms with E-state index >= 15 is 0 Å². The summed E-state index contributed by atoms with van der Waals surface area (Å²) in [6, 6.07) is 24.2. The Morgan fingerprint density at radius 3 is 1.46 bits per heavy atom. The molecule has 6 aromatic rings. The molecule has 0 unspecified atom stereocenters. The summed E-state index contributed by atoms with van der Waals surface area (Å²) in [6.45, 7) is 4.60. The molecule has 0 bridgehead atoms. The van der Waals surface area contributed by atoms with Crippen LogP contribution in [0, 0.1) is 47.4 Å². The molecule has 0 saturated carbocycles. The number of aromatic nitrogens is 6. The monoisotopic (exact) mass is 950 g/mol. The quantitative estimate of drug-likeness (QED) is 0.0196. The largest absolute Gasteiger partial charge is 0.375 e. The number of nitrogen functional groups attached to an aromatic ring is 2. The van der Waals surface area contributed by atoms with Gasteiger partial charge in [-0.2, -0.15) is 35.0 Å². The summed E-state index contributed by atoms with van der Waals surface area (Å²) < 4.78 is 0. The number of aryl methyl sites for hydroxylation is 1. The molecule has 0 fully saturated rings. The van der Waals surface area contributed by atoms with E-state index in [9.17, 15) is 40.5 Å². The predicted molar refractivity (Wildman–Crippen MR) is 262 cm³/mol. The maximum absolute atomic E-state index is 11.2. The average Bonchev–Trinajstić information content (AvgIpc) is 3.33. The number of nitro benzene ring substituents is 4. The van der Waals surface area contributed by atoms with Crippen molar-refractivity contribution in [2.45, 2.75) is 19.8 Å². The van der Waals surface area contributed by atoms with Crippen molar-refractivity contribution in [3.05, 3.63) is 137 Å². The first-order valence-corrected chi connectivity index (χ1v) is 20.7. The van der Waals surface area contributed by atoms with E-state index in [1.165, 1.54) is 30.8 Å². The fourth-order valence-electron chi connectivity index (χ4n) is 5.79. The molecule has 28 heteroatoms. The molecule has 0 aliphatic rings. The van der Waals surface area contributed by atoms with Gasteiger partial charge in [0.15, 0.2) is 5.69 Å². The first-order chi connectivity index (χ1) is 33.0. The molecule has 0 amide bonds. The summed E-state index contributed by atoms with van der Waals surface area (Å²) in [5.41, 5.74) is 12.8. The van der Waals surface area contributed by atoms with Gasteiger partial charge in [0.25, 0.3) is 17.1 Å². The van der Waals surface area contributed by atoms with Crippen molar-refractivity contribution in [1.82, 2.24) is 29.9 Å². The van der Waals surface area contributed by atoms with Gasteiger partial charge in [-0.3, -0.25) is 40.5 Å². The lowest BCUT2D eigenvalue weighted by atomic mass is 10.2. The molecule has 0 spiro atoms. The minimum absolute atomic E-state index is 0.0731. The molecule has 6 rings (SSSR count). The van der Waals surface area contributed by atoms with Crippen LogP contribution < -0.4 is 42.5 Å². The van der Waals surface area contributed by atoms with Crippen molar-refractivity contribution in [3.8, 4) is 0 Å². The van der Waals surface area contributed by atoms with E-state index in [4.69, 9.17) is 11.5 Å². The number of rotatable bonds is 20. The summed E-state index contributed by atoms with van der Waals surface area (Å²) >= 11 is 0. The fraction of sp³-hybridized carbons (Fsp3) is 0.268. The van der Waals surface area contributed by atoms with E-state index in [1.54, 1.807) is 26.2 Å². The lowest BCUT2D eigenvalue weighted by molar-refractivity contribution is -0.394. The van der Waals surface area contributed by atoms with Crippen molar-refractivity contribution in [3.63, 3.8) is 0 Å². The number of nitrogens with one attached hydrogen (secondary N) is 4. The molecule has 0 aliphatic carbocycles. The highest BCUT2D eigenvalue weighted by atomic mass is 16.6. The number of benzene rings is 4. The maximum atomic E-state index is 11.2. The molecule has 2 aromatic heterocycles. The minimum Gasteiger partial charge on any atom is -0.375 e. The number of anilines is 8. The molecule has 28 nitrogen and oxygen atoms in total. The first kappa shape index (κ1) is 52.1. The van der Waals surface area contributed by atoms with Crippen molar-refractivity contribution in [2.24, 2.45) is 10.2 Å². The average molecular weight is 951 g/mol. The topological polar surface area (TPSA) is 381 Å². The molecule has 0 saturated heterocycles. The van der Waals surface area contributed by atoms with Gasteiger partial charge in [0, 0.05) is 83.4 Å². The summed E-state index contributed by atoms with van der Waals surface area (Å²) in [7, 11) is 7.46. The van der Waals surface area contributed by atoms with Crippen LogP contribution in [0.4, 0.5) is 81.2 Å². The van der Waals surface area contributed by atoms with Crippen molar-refractivity contribution in [2.75, 3.05) is 96.9 Å². The van der Waals surface area contributed by atoms with Gasteiger partial charge in [-0.25, -0.2) is 0 Å². The van der Waals surface area contributed by atoms with Gasteiger partial charge >= 0.3 is 5.69 Å². The minimum atomic E-state index is -0.733. The van der Waals surface area contributed by atoms with E-state index < -0.39 is 31.1 Å². The molecule has 0 atom stereocenters. The van der Waals surface area contributed by atoms with Gasteiger partial charge in [-0.1, -0.05) is 18.2 Å². The SMILES string of the molecule is CNc1nc(N)nc(NCCCN(C)c2ccc(N=Nc3ccc([N+](=O)[O-])cc3[N+](=O)[O-])cc2)n1.CNc1nc(N)nc(NCCCN(C)c2ccccc2)n1.Cc1ccc([N+](=O)[O-])cc1[N+](=O)[O-]. The molecule has 4 aromatic carbocycles. The van der Waals surface area contributed by atoms with Crippen molar-refractivity contribution >= 4 is 81.2 Å². The van der Waals surface area contributed by atoms with Crippen LogP contribution in [0.2, 0.25) is 0 Å². The van der Waals surface area contributed by atoms with Gasteiger partial charge in [0.05, 0.1) is 37.5 Å². The van der Waals surface area contributed by atoms with E-state index in [2.05, 4.69) is 85.5 Å². The van der Waals surface area contributed by atoms with E-state index in [-0.39, 0.29) is 29.0 Å². The Balaban J connectivity index is 0.000000256. The van der Waals surface area contributed by atoms with E-state index in [0.717, 1.165) is 56.4 Å². The Morgan fingerprint density at radius 2 is 1.00 bits per heavy atom. The molecule has 2 heterocycles. The number of non-ortho nitro benzene ring substituents is 2. The van der Waals surface area contributed by atoms with Crippen LogP contribution in [0.1, 0.15) is 18.4 Å². The second kappa shape index (κ2) is 25.8. The van der Waals surface area contributed by atoms with E-state index in [1.807, 2.05) is 42.3 Å². The van der Waals surface area contributed by atoms with Crippen molar-refractivity contribution in [1.29, 1.82) is 0 Å². The highest BCUT2D eigenvalue weighted by Crippen LogP contribution is 2.33. The fourth-order valence-corrected chi connectivity index (χ4v) is 5.79. The third kappa shape index (κ3) is 16.8. The van der Waals surface area contributed by atoms with Crippen LogP contribution in [0.3, 0.4) is 0 Å². The van der Waals surface area contributed by atoms with Crippen LogP contribution in [-0.2, 0) is 0 Å². The van der Waals surface area contributed by atoms with Crippen LogP contribution in [0.5, 0.6) is 0 Å². The zero-order valence-corrected chi connectivity index (χ0v) is 38.1. The maximum Gasteiger partial charge on any atom is 0.303 e. The summed E-state index contributed by atoms with van der Waals surface area (Å²) in [6.07, 6.45) is 1.76. The highest BCUT2D eigenvalue weighted by Gasteiger charge is 2.20. The Hall–Kier alpha value is -9.50.